The van der Waals surface area contributed by atoms with Crippen LogP contribution in [-0.4, -0.2) is 39.7 Å². The van der Waals surface area contributed by atoms with E-state index in [1.807, 2.05) is 12.1 Å². The first kappa shape index (κ1) is 24.2. The van der Waals surface area contributed by atoms with Crippen LogP contribution in [-0.2, 0) is 4.43 Å². The monoisotopic (exact) mass is 524 g/mol. The molecule has 0 aliphatic carbocycles. The number of allylic oxidation sites excluding steroid dienone is 1. The van der Waals surface area contributed by atoms with Gasteiger partial charge >= 0.3 is 0 Å². The lowest BCUT2D eigenvalue weighted by Crippen LogP contribution is -2.67. The summed E-state index contributed by atoms with van der Waals surface area (Å²) in [6.07, 6.45) is 3.21. The van der Waals surface area contributed by atoms with Crippen LogP contribution < -0.4 is 10.4 Å². The molecule has 0 saturated carbocycles. The van der Waals surface area contributed by atoms with Crippen molar-refractivity contribution in [3.05, 3.63) is 84.3 Å². The van der Waals surface area contributed by atoms with E-state index in [-0.39, 0.29) is 27.7 Å². The van der Waals surface area contributed by atoms with Crippen LogP contribution in [0.15, 0.2) is 79.1 Å². The Morgan fingerprint density at radius 1 is 1.03 bits per heavy atom. The van der Waals surface area contributed by atoms with Gasteiger partial charge in [-0.05, 0) is 15.4 Å². The summed E-state index contributed by atoms with van der Waals surface area (Å²) in [5.74, 6) is -0.194. The molecule has 9 heteroatoms. The van der Waals surface area contributed by atoms with Crippen LogP contribution in [0.2, 0.25) is 10.2 Å². The van der Waals surface area contributed by atoms with Gasteiger partial charge in [0.1, 0.15) is 29.0 Å². The predicted molar refractivity (Wildman–Crippen MR) is 144 cm³/mol. The van der Waals surface area contributed by atoms with Gasteiger partial charge in [0.05, 0.1) is 0 Å². The molecule has 3 heterocycles. The van der Waals surface area contributed by atoms with Gasteiger partial charge in [0.25, 0.3) is 8.32 Å². The van der Waals surface area contributed by atoms with Crippen molar-refractivity contribution in [3.8, 4) is 0 Å². The Balaban J connectivity index is 1.45. The number of thioether (sulfide) groups is 1. The van der Waals surface area contributed by atoms with E-state index in [9.17, 15) is 0 Å². The van der Waals surface area contributed by atoms with Crippen molar-refractivity contribution in [2.45, 2.75) is 37.5 Å². The van der Waals surface area contributed by atoms with Crippen LogP contribution in [0.5, 0.6) is 0 Å². The van der Waals surface area contributed by atoms with Crippen LogP contribution in [0.3, 0.4) is 0 Å². The number of nitrogens with zero attached hydrogens (tertiary/aromatic N) is 4. The lowest BCUT2D eigenvalue weighted by molar-refractivity contribution is 0.295. The number of benzene rings is 2. The predicted octanol–water partition coefficient (Wildman–Crippen LogP) is 5.66. The molecule has 1 aliphatic rings. The molecule has 0 radical (unpaired) electrons. The molecule has 0 amide bonds. The van der Waals surface area contributed by atoms with Gasteiger partial charge in [0.15, 0.2) is 10.8 Å². The standard InChI is InChI=1S/C26H26ClFN4OSSi/c1-26(2,3)35(19-10-6-4-7-11-19,20-12-8-5-9-13-20)33-15-18-14-21(28)25(34-18)32-17-31-22-23(27)29-16-30-24(22)32/h4-13,16-18H,14-15H2,1-3H3/t18-/m1/s1. The number of halogens is 2. The van der Waals surface area contributed by atoms with Crippen molar-refractivity contribution in [1.82, 2.24) is 19.5 Å². The minimum absolute atomic E-state index is 0.0681. The maximum absolute atomic E-state index is 15.2. The third-order valence-corrected chi connectivity index (χ3v) is 12.9. The average Bonchev–Trinajstić information content (AvgIpc) is 3.44. The lowest BCUT2D eigenvalue weighted by Gasteiger charge is -2.43. The minimum Gasteiger partial charge on any atom is -0.406 e. The fourth-order valence-corrected chi connectivity index (χ4v) is 10.8. The molecule has 2 aromatic heterocycles. The maximum Gasteiger partial charge on any atom is 0.261 e. The molecule has 1 aliphatic heterocycles. The second-order valence-electron chi connectivity index (χ2n) is 9.58. The van der Waals surface area contributed by atoms with Crippen molar-refractivity contribution >= 4 is 58.2 Å². The Labute approximate surface area is 214 Å². The largest absolute Gasteiger partial charge is 0.406 e. The summed E-state index contributed by atoms with van der Waals surface area (Å²) in [6.45, 7) is 7.16. The van der Waals surface area contributed by atoms with Gasteiger partial charge in [0, 0.05) is 18.3 Å². The third kappa shape index (κ3) is 4.33. The van der Waals surface area contributed by atoms with Crippen molar-refractivity contribution in [2.24, 2.45) is 0 Å². The van der Waals surface area contributed by atoms with E-state index in [0.29, 0.717) is 22.8 Å². The summed E-state index contributed by atoms with van der Waals surface area (Å²) in [5, 5.41) is 2.95. The highest BCUT2D eigenvalue weighted by molar-refractivity contribution is 8.08. The molecular weight excluding hydrogens is 499 g/mol. The first-order valence-electron chi connectivity index (χ1n) is 11.5. The smallest absolute Gasteiger partial charge is 0.261 e. The summed E-state index contributed by atoms with van der Waals surface area (Å²) in [6, 6.07) is 21.0. The molecule has 4 aromatic rings. The molecule has 0 fully saturated rings. The Kier molecular flexibility index (Phi) is 6.56. The molecule has 1 atom stereocenters. The van der Waals surface area contributed by atoms with Crippen LogP contribution in [0.1, 0.15) is 27.2 Å². The molecule has 0 N–H and O–H groups in total. The van der Waals surface area contributed by atoms with Gasteiger partial charge in [-0.1, -0.05) is 105 Å². The highest BCUT2D eigenvalue weighted by Gasteiger charge is 2.50. The first-order valence-corrected chi connectivity index (χ1v) is 14.6. The normalized spacial score (nSPS) is 16.9. The van der Waals surface area contributed by atoms with E-state index in [2.05, 4.69) is 84.3 Å². The number of hydrogen-bond acceptors (Lipinski definition) is 5. The summed E-state index contributed by atoms with van der Waals surface area (Å²) in [7, 11) is -2.69. The Bertz CT molecular complexity index is 1340. The van der Waals surface area contributed by atoms with Gasteiger partial charge in [-0.25, -0.2) is 19.3 Å². The second kappa shape index (κ2) is 9.50. The molecule has 2 aromatic carbocycles. The van der Waals surface area contributed by atoms with Crippen molar-refractivity contribution < 1.29 is 8.82 Å². The fraction of sp³-hybridized carbons (Fsp3) is 0.269. The van der Waals surface area contributed by atoms with Crippen LogP contribution in [0.4, 0.5) is 4.39 Å². The summed E-state index contributed by atoms with van der Waals surface area (Å²) in [4.78, 5) is 12.5. The molecular formula is C26H26ClFN4OSSi. The highest BCUT2D eigenvalue weighted by Crippen LogP contribution is 2.44. The molecule has 0 spiro atoms. The summed E-state index contributed by atoms with van der Waals surface area (Å²) in [5.41, 5.74) is 0.957. The van der Waals surface area contributed by atoms with E-state index in [0.717, 1.165) is 0 Å². The average molecular weight is 525 g/mol. The topological polar surface area (TPSA) is 52.8 Å². The van der Waals surface area contributed by atoms with E-state index < -0.39 is 8.32 Å². The van der Waals surface area contributed by atoms with Crippen LogP contribution in [0, 0.1) is 0 Å². The third-order valence-electron chi connectivity index (χ3n) is 6.33. The zero-order valence-electron chi connectivity index (χ0n) is 19.8. The molecule has 35 heavy (non-hydrogen) atoms. The van der Waals surface area contributed by atoms with E-state index in [1.54, 1.807) is 10.9 Å². The summed E-state index contributed by atoms with van der Waals surface area (Å²) >= 11 is 7.60. The molecule has 0 bridgehead atoms. The van der Waals surface area contributed by atoms with Gasteiger partial charge in [0.2, 0.25) is 0 Å². The van der Waals surface area contributed by atoms with Gasteiger partial charge in [-0.15, -0.1) is 0 Å². The molecule has 5 nitrogen and oxygen atoms in total. The highest BCUT2D eigenvalue weighted by atomic mass is 35.5. The fourth-order valence-electron chi connectivity index (χ4n) is 4.77. The van der Waals surface area contributed by atoms with Gasteiger partial charge < -0.3 is 4.43 Å². The number of fused-ring (bicyclic) bond motifs is 1. The van der Waals surface area contributed by atoms with Crippen molar-refractivity contribution in [1.29, 1.82) is 0 Å². The SMILES string of the molecule is CC(C)(C)[Si](OC[C@H]1CC(F)=C(n2cnc3c(Cl)ncnc32)S1)(c1ccccc1)c1ccccc1. The first-order chi connectivity index (χ1) is 16.8. The molecule has 0 saturated heterocycles. The Morgan fingerprint density at radius 2 is 1.66 bits per heavy atom. The van der Waals surface area contributed by atoms with E-state index in [4.69, 9.17) is 16.0 Å². The number of rotatable bonds is 6. The van der Waals surface area contributed by atoms with Gasteiger partial charge in [-0.2, -0.15) is 0 Å². The van der Waals surface area contributed by atoms with E-state index in [1.165, 1.54) is 28.5 Å². The Hall–Kier alpha value is -2.52. The summed E-state index contributed by atoms with van der Waals surface area (Å²) < 4.78 is 23.9. The lowest BCUT2D eigenvalue weighted by atomic mass is 10.2. The Morgan fingerprint density at radius 3 is 2.26 bits per heavy atom. The molecule has 0 unspecified atom stereocenters. The van der Waals surface area contributed by atoms with Crippen LogP contribution >= 0.6 is 23.4 Å². The zero-order chi connectivity index (χ0) is 24.6. The number of hydrogen-bond donors (Lipinski definition) is 0. The minimum atomic E-state index is -2.69. The van der Waals surface area contributed by atoms with Gasteiger partial charge in [-0.3, -0.25) is 4.57 Å². The zero-order valence-corrected chi connectivity index (χ0v) is 22.4. The second-order valence-corrected chi connectivity index (χ2v) is 15.5. The van der Waals surface area contributed by atoms with Crippen molar-refractivity contribution in [2.75, 3.05) is 6.61 Å². The number of aromatic nitrogens is 4. The van der Waals surface area contributed by atoms with Crippen molar-refractivity contribution in [3.63, 3.8) is 0 Å². The quantitative estimate of drug-likeness (QED) is 0.241. The molecule has 180 valence electrons. The van der Waals surface area contributed by atoms with Crippen LogP contribution in [0.25, 0.3) is 16.2 Å². The number of imidazole rings is 1. The maximum atomic E-state index is 15.2. The molecule has 5 rings (SSSR count). The van der Waals surface area contributed by atoms with E-state index >= 15 is 4.39 Å².